The lowest BCUT2D eigenvalue weighted by atomic mass is 9.94. The molecule has 1 aliphatic rings. The van der Waals surface area contributed by atoms with Gasteiger partial charge in [-0.1, -0.05) is 69.3 Å². The summed E-state index contributed by atoms with van der Waals surface area (Å²) in [6, 6.07) is 36.9. The monoisotopic (exact) mass is 1180 g/mol. The standard InChI is InChI=1S/C22H21N3O3S.C13H13BrN2O2S.C13H14N2O2S.C5H5BrN2/c1-2-29(27,28)18-6-3-14(4-7-18)17-12-20(21(23)25-13-17)15-5-8-19-16(11-15)9-10-24-22(19)26;1-2-19(17,18)11-5-3-9(4-6-11)10-7-12(14)13(15)16-8-10;1-2-18(16,17)12-6-3-10(4-7-12)11-5-8-13(14)15-9-11;6-4-1-2-5(7)8-3-4/h3-8,11-13H,2,9-10H2,1H3,(H2,23,25)(H,24,26);3-8H,2H2,1H3,(H2,15,16);3-9H,2H2,1H3,(H2,14,15);1-3H,(H2,7,8). The van der Waals surface area contributed by atoms with Crippen LogP contribution in [0.3, 0.4) is 0 Å². The van der Waals surface area contributed by atoms with Gasteiger partial charge in [-0.05, 0) is 145 Å². The Morgan fingerprint density at radius 3 is 1.31 bits per heavy atom. The van der Waals surface area contributed by atoms with Crippen LogP contribution in [0, 0.1) is 0 Å². The molecule has 9 rings (SSSR count). The van der Waals surface area contributed by atoms with Crippen molar-refractivity contribution in [2.24, 2.45) is 0 Å². The molecule has 0 atom stereocenters. The van der Waals surface area contributed by atoms with Gasteiger partial charge in [0, 0.05) is 63.6 Å². The number of rotatable bonds is 10. The zero-order valence-corrected chi connectivity index (χ0v) is 46.0. The maximum atomic E-state index is 12.0. The number of hydrogen-bond acceptors (Lipinski definition) is 15. The van der Waals surface area contributed by atoms with Gasteiger partial charge in [-0.3, -0.25) is 4.79 Å². The van der Waals surface area contributed by atoms with Gasteiger partial charge in [0.1, 0.15) is 23.3 Å². The number of anilines is 4. The third kappa shape index (κ3) is 14.6. The van der Waals surface area contributed by atoms with E-state index in [1.165, 1.54) is 0 Å². The van der Waals surface area contributed by atoms with Crippen molar-refractivity contribution >= 4 is 90.6 Å². The minimum absolute atomic E-state index is 0.0558. The zero-order chi connectivity index (χ0) is 53.8. The lowest BCUT2D eigenvalue weighted by Crippen LogP contribution is -2.31. The minimum atomic E-state index is -3.24. The highest BCUT2D eigenvalue weighted by atomic mass is 79.9. The lowest BCUT2D eigenvalue weighted by molar-refractivity contribution is 0.0946. The van der Waals surface area contributed by atoms with Crippen LogP contribution >= 0.6 is 31.9 Å². The van der Waals surface area contributed by atoms with E-state index in [0.29, 0.717) is 50.1 Å². The molecule has 21 heteroatoms. The smallest absolute Gasteiger partial charge is 0.251 e. The van der Waals surface area contributed by atoms with Crippen molar-refractivity contribution < 1.29 is 30.0 Å². The van der Waals surface area contributed by atoms with Crippen LogP contribution in [0.15, 0.2) is 176 Å². The second-order valence-electron chi connectivity index (χ2n) is 16.3. The average molecular weight is 1180 g/mol. The van der Waals surface area contributed by atoms with Crippen molar-refractivity contribution in [1.29, 1.82) is 0 Å². The number of sulfone groups is 3. The Kier molecular flexibility index (Phi) is 18.8. The molecule has 16 nitrogen and oxygen atoms in total. The number of fused-ring (bicyclic) bond motifs is 1. The van der Waals surface area contributed by atoms with Crippen molar-refractivity contribution in [3.8, 4) is 44.5 Å². The second kappa shape index (κ2) is 24.8. The number of pyridine rings is 4. The molecule has 74 heavy (non-hydrogen) atoms. The Labute approximate surface area is 448 Å². The van der Waals surface area contributed by atoms with Crippen LogP contribution in [0.5, 0.6) is 0 Å². The van der Waals surface area contributed by atoms with Crippen molar-refractivity contribution in [3.63, 3.8) is 0 Å². The Hall–Kier alpha value is -7.04. The van der Waals surface area contributed by atoms with E-state index >= 15 is 0 Å². The fourth-order valence-electron chi connectivity index (χ4n) is 7.09. The molecule has 0 saturated carbocycles. The summed E-state index contributed by atoms with van der Waals surface area (Å²) >= 11 is 6.54. The maximum absolute atomic E-state index is 12.0. The van der Waals surface area contributed by atoms with Crippen molar-refractivity contribution in [2.75, 3.05) is 46.7 Å². The molecule has 0 unspecified atom stereocenters. The number of carbonyl (C=O) groups excluding carboxylic acids is 1. The topological polar surface area (TPSA) is 287 Å². The number of nitrogens with two attached hydrogens (primary N) is 4. The SMILES string of the molecule is CCS(=O)(=O)c1ccc(-c2ccc(N)nc2)cc1.CCS(=O)(=O)c1ccc(-c2cnc(N)c(-c3ccc4c(c3)CCNC4=O)c2)cc1.CCS(=O)(=O)c1ccc(-c2cnc(N)c(Br)c2)cc1.Nc1ccc(Br)cn1. The first kappa shape index (κ1) is 56.3. The third-order valence-electron chi connectivity index (χ3n) is 11.4. The number of carbonyl (C=O) groups is 1. The zero-order valence-electron chi connectivity index (χ0n) is 40.4. The highest BCUT2D eigenvalue weighted by molar-refractivity contribution is 9.10. The Balaban J connectivity index is 0.000000173. The first-order valence-electron chi connectivity index (χ1n) is 22.8. The molecule has 0 saturated heterocycles. The Morgan fingerprint density at radius 1 is 0.459 bits per heavy atom. The number of benzene rings is 4. The molecule has 0 aliphatic carbocycles. The summed E-state index contributed by atoms with van der Waals surface area (Å²) in [4.78, 5) is 29.1. The molecule has 1 amide bonds. The van der Waals surface area contributed by atoms with Crippen LogP contribution in [-0.2, 0) is 35.9 Å². The number of hydrogen-bond donors (Lipinski definition) is 5. The van der Waals surface area contributed by atoms with Gasteiger partial charge in [0.2, 0.25) is 0 Å². The van der Waals surface area contributed by atoms with Crippen LogP contribution in [-0.4, -0.2) is 74.9 Å². The minimum Gasteiger partial charge on any atom is -0.384 e. The molecule has 0 spiro atoms. The number of nitrogens with zero attached hydrogens (tertiary/aromatic N) is 4. The van der Waals surface area contributed by atoms with E-state index in [1.807, 2.05) is 42.5 Å². The quantitative estimate of drug-likeness (QED) is 0.0852. The molecule has 4 aromatic carbocycles. The van der Waals surface area contributed by atoms with Crippen molar-refractivity contribution in [2.45, 2.75) is 41.9 Å². The molecule has 1 aliphatic heterocycles. The molecule has 384 valence electrons. The molecule has 9 N–H and O–H groups in total. The van der Waals surface area contributed by atoms with Crippen LogP contribution < -0.4 is 28.3 Å². The molecule has 4 aromatic heterocycles. The number of amides is 1. The van der Waals surface area contributed by atoms with Crippen LogP contribution in [0.1, 0.15) is 36.7 Å². The van der Waals surface area contributed by atoms with Crippen LogP contribution in [0.4, 0.5) is 23.3 Å². The fourth-order valence-corrected chi connectivity index (χ4v) is 10.3. The normalized spacial score (nSPS) is 12.0. The number of nitrogens with one attached hydrogen (secondary N) is 1. The predicted octanol–water partition coefficient (Wildman–Crippen LogP) is 9.51. The van der Waals surface area contributed by atoms with Crippen LogP contribution in [0.25, 0.3) is 44.5 Å². The van der Waals surface area contributed by atoms with Gasteiger partial charge in [0.15, 0.2) is 29.5 Å². The number of aromatic nitrogens is 4. The van der Waals surface area contributed by atoms with E-state index in [1.54, 1.807) is 130 Å². The Morgan fingerprint density at radius 2 is 0.878 bits per heavy atom. The van der Waals surface area contributed by atoms with Crippen LogP contribution in [0.2, 0.25) is 0 Å². The van der Waals surface area contributed by atoms with Gasteiger partial charge in [-0.25, -0.2) is 45.2 Å². The molecule has 0 fully saturated rings. The third-order valence-corrected chi connectivity index (χ3v) is 17.8. The van der Waals surface area contributed by atoms with E-state index in [0.717, 1.165) is 65.4 Å². The number of nitrogen functional groups attached to an aromatic ring is 4. The van der Waals surface area contributed by atoms with E-state index in [4.69, 9.17) is 22.9 Å². The Bertz CT molecular complexity index is 3570. The second-order valence-corrected chi connectivity index (χ2v) is 24.9. The van der Waals surface area contributed by atoms with Gasteiger partial charge in [-0.2, -0.15) is 0 Å². The lowest BCUT2D eigenvalue weighted by Gasteiger charge is -2.18. The van der Waals surface area contributed by atoms with Crippen molar-refractivity contribution in [1.82, 2.24) is 25.3 Å². The molecule has 0 bridgehead atoms. The summed E-state index contributed by atoms with van der Waals surface area (Å²) < 4.78 is 72.5. The fraction of sp³-hybridized carbons (Fsp3) is 0.151. The largest absolute Gasteiger partial charge is 0.384 e. The van der Waals surface area contributed by atoms with E-state index in [9.17, 15) is 30.0 Å². The highest BCUT2D eigenvalue weighted by Gasteiger charge is 2.19. The molecule has 0 radical (unpaired) electrons. The van der Waals surface area contributed by atoms with E-state index in [-0.39, 0.29) is 23.2 Å². The summed E-state index contributed by atoms with van der Waals surface area (Å²) in [5, 5.41) is 2.84. The summed E-state index contributed by atoms with van der Waals surface area (Å²) in [5.74, 6) is 2.05. The first-order valence-corrected chi connectivity index (χ1v) is 29.3. The summed E-state index contributed by atoms with van der Waals surface area (Å²) in [7, 11) is -9.53. The van der Waals surface area contributed by atoms with Gasteiger partial charge >= 0.3 is 0 Å². The average Bonchev–Trinajstić information content (AvgIpc) is 3.41. The van der Waals surface area contributed by atoms with E-state index in [2.05, 4.69) is 57.1 Å². The van der Waals surface area contributed by atoms with E-state index < -0.39 is 29.5 Å². The van der Waals surface area contributed by atoms with Crippen molar-refractivity contribution in [3.05, 3.63) is 172 Å². The first-order chi connectivity index (χ1) is 35.1. The number of halogens is 2. The van der Waals surface area contributed by atoms with Gasteiger partial charge in [0.05, 0.1) is 36.4 Å². The summed E-state index contributed by atoms with van der Waals surface area (Å²) in [5.41, 5.74) is 31.2. The predicted molar refractivity (Wildman–Crippen MR) is 301 cm³/mol. The van der Waals surface area contributed by atoms with Gasteiger partial charge in [0.25, 0.3) is 5.91 Å². The van der Waals surface area contributed by atoms with Gasteiger partial charge < -0.3 is 28.3 Å². The maximum Gasteiger partial charge on any atom is 0.251 e. The molecular formula is C53H53Br2N9O7S3. The summed E-state index contributed by atoms with van der Waals surface area (Å²) in [6.45, 7) is 5.51. The van der Waals surface area contributed by atoms with Gasteiger partial charge in [-0.15, -0.1) is 0 Å². The molecule has 5 heterocycles. The molecular weight excluding hydrogens is 1130 g/mol. The molecule has 8 aromatic rings. The summed E-state index contributed by atoms with van der Waals surface area (Å²) in [6.07, 6.45) is 7.43. The highest BCUT2D eigenvalue weighted by Crippen LogP contribution is 2.33.